The first-order valence-corrected chi connectivity index (χ1v) is 4.73. The summed E-state index contributed by atoms with van der Waals surface area (Å²) in [6.07, 6.45) is 1.87. The molecule has 0 saturated carbocycles. The maximum absolute atomic E-state index is 4.21. The highest BCUT2D eigenvalue weighted by Crippen LogP contribution is 2.03. The van der Waals surface area contributed by atoms with Crippen LogP contribution in [-0.2, 0) is 6.54 Å². The molecular formula is C7H10N4S. The van der Waals surface area contributed by atoms with Crippen LogP contribution in [0.1, 0.15) is 4.88 Å². The van der Waals surface area contributed by atoms with Crippen molar-refractivity contribution in [3.05, 3.63) is 16.6 Å². The lowest BCUT2D eigenvalue weighted by molar-refractivity contribution is 0.876. The van der Waals surface area contributed by atoms with Crippen molar-refractivity contribution in [2.75, 3.05) is 13.1 Å². The van der Waals surface area contributed by atoms with E-state index >= 15 is 0 Å². The largest absolute Gasteiger partial charge is 0.355 e. The molecule has 0 unspecified atom stereocenters. The van der Waals surface area contributed by atoms with Crippen molar-refractivity contribution in [2.45, 2.75) is 6.54 Å². The fourth-order valence-corrected chi connectivity index (χ4v) is 1.55. The van der Waals surface area contributed by atoms with E-state index in [1.807, 2.05) is 11.7 Å². The Hall–Kier alpha value is -1.10. The third-order valence-corrected chi connectivity index (χ3v) is 2.37. The van der Waals surface area contributed by atoms with Gasteiger partial charge in [-0.2, -0.15) is 0 Å². The molecule has 1 aromatic heterocycles. The van der Waals surface area contributed by atoms with E-state index < -0.39 is 0 Å². The Bertz CT molecular complexity index is 267. The smallest absolute Gasteiger partial charge is 0.191 e. The van der Waals surface area contributed by atoms with Gasteiger partial charge in [0.2, 0.25) is 0 Å². The molecule has 1 aromatic rings. The van der Waals surface area contributed by atoms with Crippen LogP contribution in [0.2, 0.25) is 0 Å². The Morgan fingerprint density at radius 1 is 1.67 bits per heavy atom. The van der Waals surface area contributed by atoms with Crippen LogP contribution in [0, 0.1) is 0 Å². The Morgan fingerprint density at radius 3 is 3.33 bits per heavy atom. The van der Waals surface area contributed by atoms with Crippen LogP contribution in [0.15, 0.2) is 16.7 Å². The third kappa shape index (κ3) is 1.73. The van der Waals surface area contributed by atoms with E-state index in [0.717, 1.165) is 25.6 Å². The van der Waals surface area contributed by atoms with Crippen LogP contribution in [0.25, 0.3) is 0 Å². The lowest BCUT2D eigenvalue weighted by Crippen LogP contribution is -2.32. The van der Waals surface area contributed by atoms with Gasteiger partial charge in [-0.25, -0.2) is 0 Å². The minimum atomic E-state index is 0.816. The fraction of sp³-hybridized carbons (Fsp3) is 0.429. The number of hydrogen-bond acceptors (Lipinski definition) is 5. The monoisotopic (exact) mass is 182 g/mol. The van der Waals surface area contributed by atoms with Gasteiger partial charge in [0.15, 0.2) is 5.96 Å². The minimum Gasteiger partial charge on any atom is -0.355 e. The second-order valence-corrected chi connectivity index (χ2v) is 3.45. The molecule has 0 radical (unpaired) electrons. The summed E-state index contributed by atoms with van der Waals surface area (Å²) in [6.45, 7) is 2.65. The van der Waals surface area contributed by atoms with Gasteiger partial charge in [0.25, 0.3) is 0 Å². The minimum absolute atomic E-state index is 0.816. The first-order valence-electron chi connectivity index (χ1n) is 3.85. The second-order valence-electron chi connectivity index (χ2n) is 2.48. The molecule has 0 fully saturated rings. The van der Waals surface area contributed by atoms with Crippen LogP contribution < -0.4 is 10.6 Å². The van der Waals surface area contributed by atoms with Gasteiger partial charge in [0, 0.05) is 17.6 Å². The molecule has 1 aliphatic heterocycles. The van der Waals surface area contributed by atoms with Crippen molar-refractivity contribution in [1.82, 2.24) is 15.6 Å². The molecule has 5 heteroatoms. The van der Waals surface area contributed by atoms with E-state index in [0.29, 0.717) is 0 Å². The molecule has 0 atom stereocenters. The predicted octanol–water partition coefficient (Wildman–Crippen LogP) is 0.192. The van der Waals surface area contributed by atoms with Crippen molar-refractivity contribution in [1.29, 1.82) is 0 Å². The van der Waals surface area contributed by atoms with Gasteiger partial charge in [0.1, 0.15) is 0 Å². The summed E-state index contributed by atoms with van der Waals surface area (Å²) in [5.74, 6) is 0.906. The van der Waals surface area contributed by atoms with E-state index in [9.17, 15) is 0 Å². The topological polar surface area (TPSA) is 49.3 Å². The normalized spacial score (nSPS) is 15.5. The summed E-state index contributed by atoms with van der Waals surface area (Å²) in [6, 6.07) is 0. The Balaban J connectivity index is 1.82. The summed E-state index contributed by atoms with van der Waals surface area (Å²) in [5.41, 5.74) is 1.83. The fourth-order valence-electron chi connectivity index (χ4n) is 1.02. The molecule has 4 nitrogen and oxygen atoms in total. The highest BCUT2D eigenvalue weighted by molar-refractivity contribution is 7.09. The highest BCUT2D eigenvalue weighted by Gasteiger charge is 2.03. The number of aromatic nitrogens is 1. The zero-order chi connectivity index (χ0) is 8.23. The Morgan fingerprint density at radius 2 is 2.67 bits per heavy atom. The quantitative estimate of drug-likeness (QED) is 0.686. The van der Waals surface area contributed by atoms with Crippen LogP contribution in [0.5, 0.6) is 0 Å². The number of nitrogens with one attached hydrogen (secondary N) is 2. The van der Waals surface area contributed by atoms with E-state index in [1.54, 1.807) is 11.3 Å². The molecule has 12 heavy (non-hydrogen) atoms. The van der Waals surface area contributed by atoms with E-state index in [2.05, 4.69) is 20.6 Å². The van der Waals surface area contributed by atoms with Crippen molar-refractivity contribution in [3.63, 3.8) is 0 Å². The van der Waals surface area contributed by atoms with Crippen molar-refractivity contribution in [3.8, 4) is 0 Å². The van der Waals surface area contributed by atoms with Crippen LogP contribution in [0.3, 0.4) is 0 Å². The van der Waals surface area contributed by atoms with Gasteiger partial charge in [0.05, 0.1) is 18.6 Å². The predicted molar refractivity (Wildman–Crippen MR) is 49.3 cm³/mol. The first-order chi connectivity index (χ1) is 5.95. The molecule has 2 rings (SSSR count). The lowest BCUT2D eigenvalue weighted by Gasteiger charge is -2.03. The first kappa shape index (κ1) is 7.54. The zero-order valence-corrected chi connectivity index (χ0v) is 7.40. The van der Waals surface area contributed by atoms with Gasteiger partial charge in [-0.05, 0) is 0 Å². The maximum atomic E-state index is 4.21. The summed E-state index contributed by atoms with van der Waals surface area (Å²) in [7, 11) is 0. The number of rotatable bonds is 2. The molecule has 2 N–H and O–H groups in total. The summed E-state index contributed by atoms with van der Waals surface area (Å²) in [4.78, 5) is 9.43. The average molecular weight is 182 g/mol. The molecule has 0 spiro atoms. The van der Waals surface area contributed by atoms with E-state index in [-0.39, 0.29) is 0 Å². The number of thiazole rings is 1. The number of nitrogens with zero attached hydrogens (tertiary/aromatic N) is 2. The second kappa shape index (κ2) is 3.53. The van der Waals surface area contributed by atoms with Crippen molar-refractivity contribution < 1.29 is 0 Å². The van der Waals surface area contributed by atoms with Crippen molar-refractivity contribution >= 4 is 17.3 Å². The molecule has 2 heterocycles. The summed E-state index contributed by atoms with van der Waals surface area (Å²) >= 11 is 1.65. The number of aliphatic imine (C=N–C) groups is 1. The molecule has 64 valence electrons. The maximum Gasteiger partial charge on any atom is 0.191 e. The highest BCUT2D eigenvalue weighted by atomic mass is 32.1. The van der Waals surface area contributed by atoms with E-state index in [4.69, 9.17) is 0 Å². The summed E-state index contributed by atoms with van der Waals surface area (Å²) in [5, 5.41) is 6.34. The zero-order valence-electron chi connectivity index (χ0n) is 6.58. The molecular weight excluding hydrogens is 172 g/mol. The molecule has 0 amide bonds. The molecule has 1 aliphatic rings. The molecule has 0 saturated heterocycles. The van der Waals surface area contributed by atoms with Gasteiger partial charge in [-0.1, -0.05) is 0 Å². The molecule has 0 aliphatic carbocycles. The number of guanidine groups is 1. The van der Waals surface area contributed by atoms with Crippen LogP contribution in [-0.4, -0.2) is 24.0 Å². The Labute approximate surface area is 74.7 Å². The average Bonchev–Trinajstić information content (AvgIpc) is 2.74. The van der Waals surface area contributed by atoms with Gasteiger partial charge < -0.3 is 10.6 Å². The third-order valence-electron chi connectivity index (χ3n) is 1.59. The number of hydrogen-bond donors (Lipinski definition) is 2. The van der Waals surface area contributed by atoms with Gasteiger partial charge >= 0.3 is 0 Å². The summed E-state index contributed by atoms with van der Waals surface area (Å²) < 4.78 is 0. The molecule has 0 aromatic carbocycles. The Kier molecular flexibility index (Phi) is 2.22. The van der Waals surface area contributed by atoms with Crippen molar-refractivity contribution in [2.24, 2.45) is 4.99 Å². The van der Waals surface area contributed by atoms with Gasteiger partial charge in [-0.3, -0.25) is 9.98 Å². The SMILES string of the molecule is c1ncc(CNC2=NCCN2)s1. The van der Waals surface area contributed by atoms with Crippen LogP contribution >= 0.6 is 11.3 Å². The van der Waals surface area contributed by atoms with E-state index in [1.165, 1.54) is 4.88 Å². The standard InChI is InChI=1S/C7H10N4S/c1-2-10-7(9-1)11-4-6-3-8-5-12-6/h3,5H,1-2,4H2,(H2,9,10,11). The van der Waals surface area contributed by atoms with Crippen LogP contribution in [0.4, 0.5) is 0 Å². The lowest BCUT2D eigenvalue weighted by atomic mass is 10.5. The molecule has 0 bridgehead atoms. The van der Waals surface area contributed by atoms with Gasteiger partial charge in [-0.15, -0.1) is 11.3 Å².